The molecule has 5 heteroatoms. The molecule has 17 heavy (non-hydrogen) atoms. The van der Waals surface area contributed by atoms with Crippen LogP contribution in [0.25, 0.3) is 11.0 Å². The van der Waals surface area contributed by atoms with Crippen molar-refractivity contribution >= 4 is 44.5 Å². The molecule has 90 valence electrons. The minimum absolute atomic E-state index is 0.0324. The van der Waals surface area contributed by atoms with Gasteiger partial charge >= 0.3 is 5.97 Å². The second-order valence-corrected chi connectivity index (χ2v) is 5.39. The van der Waals surface area contributed by atoms with E-state index in [-0.39, 0.29) is 11.7 Å². The molecule has 1 aromatic carbocycles. The minimum atomic E-state index is -1.07. The lowest BCUT2D eigenvalue weighted by Crippen LogP contribution is -2.00. The summed E-state index contributed by atoms with van der Waals surface area (Å²) in [5.74, 6) is -1.06. The van der Waals surface area contributed by atoms with Crippen LogP contribution in [0.4, 0.5) is 0 Å². The van der Waals surface area contributed by atoms with Gasteiger partial charge in [0, 0.05) is 15.4 Å². The average Bonchev–Trinajstić information content (AvgIpc) is 2.56. The molecule has 1 N–H and O–H groups in total. The highest BCUT2D eigenvalue weighted by molar-refractivity contribution is 9.10. The number of aromatic carboxylic acids is 1. The van der Waals surface area contributed by atoms with Gasteiger partial charge < -0.3 is 9.52 Å². The first-order valence-electron chi connectivity index (χ1n) is 5.06. The summed E-state index contributed by atoms with van der Waals surface area (Å²) in [5, 5.41) is 10.3. The molecule has 0 spiro atoms. The van der Waals surface area contributed by atoms with Gasteiger partial charge in [0.1, 0.15) is 0 Å². The second kappa shape index (κ2) is 4.35. The number of rotatable bonds is 2. The molecule has 0 aliphatic carbocycles. The first-order chi connectivity index (χ1) is 7.91. The highest BCUT2D eigenvalue weighted by Gasteiger charge is 2.23. The largest absolute Gasteiger partial charge is 0.475 e. The maximum absolute atomic E-state index is 11.1. The number of hydrogen-bond donors (Lipinski definition) is 1. The lowest BCUT2D eigenvalue weighted by atomic mass is 9.99. The molecule has 0 bridgehead atoms. The Morgan fingerprint density at radius 2 is 2.12 bits per heavy atom. The number of carboxylic acids is 1. The molecule has 1 heterocycles. The summed E-state index contributed by atoms with van der Waals surface area (Å²) in [7, 11) is 0. The molecule has 0 saturated heterocycles. The van der Waals surface area contributed by atoms with Crippen molar-refractivity contribution in [2.24, 2.45) is 0 Å². The van der Waals surface area contributed by atoms with Crippen LogP contribution in [0.2, 0.25) is 5.02 Å². The van der Waals surface area contributed by atoms with E-state index in [9.17, 15) is 4.79 Å². The summed E-state index contributed by atoms with van der Waals surface area (Å²) >= 11 is 9.38. The number of halogens is 2. The molecule has 2 aromatic rings. The van der Waals surface area contributed by atoms with E-state index in [1.807, 2.05) is 19.9 Å². The summed E-state index contributed by atoms with van der Waals surface area (Å²) in [4.78, 5) is 11.1. The van der Waals surface area contributed by atoms with E-state index in [1.54, 1.807) is 6.07 Å². The summed E-state index contributed by atoms with van der Waals surface area (Å²) in [6.45, 7) is 3.84. The van der Waals surface area contributed by atoms with Gasteiger partial charge in [-0.2, -0.15) is 0 Å². The molecular weight excluding hydrogens is 307 g/mol. The van der Waals surface area contributed by atoms with Gasteiger partial charge in [0.25, 0.3) is 0 Å². The van der Waals surface area contributed by atoms with Gasteiger partial charge in [0.05, 0.1) is 5.02 Å². The van der Waals surface area contributed by atoms with Crippen LogP contribution in [0.1, 0.15) is 35.9 Å². The highest BCUT2D eigenvalue weighted by Crippen LogP contribution is 2.37. The van der Waals surface area contributed by atoms with Gasteiger partial charge in [-0.15, -0.1) is 0 Å². The van der Waals surface area contributed by atoms with E-state index in [4.69, 9.17) is 21.1 Å². The predicted molar refractivity (Wildman–Crippen MR) is 70.0 cm³/mol. The van der Waals surface area contributed by atoms with Crippen LogP contribution in [0.5, 0.6) is 0 Å². The maximum Gasteiger partial charge on any atom is 0.372 e. The number of furan rings is 1. The normalized spacial score (nSPS) is 11.4. The Morgan fingerprint density at radius 1 is 1.47 bits per heavy atom. The molecule has 0 aliphatic rings. The summed E-state index contributed by atoms with van der Waals surface area (Å²) in [5.41, 5.74) is 1.10. The Morgan fingerprint density at radius 3 is 2.65 bits per heavy atom. The van der Waals surface area contributed by atoms with E-state index in [0.717, 1.165) is 9.86 Å². The van der Waals surface area contributed by atoms with E-state index < -0.39 is 5.97 Å². The summed E-state index contributed by atoms with van der Waals surface area (Å²) < 4.78 is 6.16. The van der Waals surface area contributed by atoms with Crippen molar-refractivity contribution in [2.75, 3.05) is 0 Å². The fourth-order valence-corrected chi connectivity index (χ4v) is 2.72. The van der Waals surface area contributed by atoms with Crippen LogP contribution in [-0.2, 0) is 0 Å². The number of fused-ring (bicyclic) bond motifs is 1. The van der Waals surface area contributed by atoms with Crippen molar-refractivity contribution < 1.29 is 14.3 Å². The average molecular weight is 318 g/mol. The number of benzene rings is 1. The Bertz CT molecular complexity index is 601. The van der Waals surface area contributed by atoms with Gasteiger partial charge in [-0.1, -0.05) is 41.4 Å². The molecular formula is C12H10BrClO3. The van der Waals surface area contributed by atoms with Crippen LogP contribution in [0.15, 0.2) is 21.0 Å². The first-order valence-corrected chi connectivity index (χ1v) is 6.23. The quantitative estimate of drug-likeness (QED) is 0.875. The van der Waals surface area contributed by atoms with Crippen molar-refractivity contribution in [3.8, 4) is 0 Å². The van der Waals surface area contributed by atoms with E-state index in [1.165, 1.54) is 0 Å². The third-order valence-corrected chi connectivity index (χ3v) is 3.26. The smallest absolute Gasteiger partial charge is 0.372 e. The zero-order valence-electron chi connectivity index (χ0n) is 9.25. The monoisotopic (exact) mass is 316 g/mol. The third kappa shape index (κ3) is 2.07. The molecule has 2 rings (SSSR count). The molecule has 0 unspecified atom stereocenters. The van der Waals surface area contributed by atoms with Crippen molar-refractivity contribution in [3.05, 3.63) is 33.0 Å². The van der Waals surface area contributed by atoms with Crippen molar-refractivity contribution in [2.45, 2.75) is 19.8 Å². The number of carbonyl (C=O) groups is 1. The first kappa shape index (κ1) is 12.5. The van der Waals surface area contributed by atoms with Gasteiger partial charge in [0.15, 0.2) is 5.58 Å². The number of carboxylic acid groups (broad SMARTS) is 1. The van der Waals surface area contributed by atoms with E-state index >= 15 is 0 Å². The molecule has 0 saturated carbocycles. The summed E-state index contributed by atoms with van der Waals surface area (Å²) in [6, 6.07) is 3.51. The molecule has 0 amide bonds. The maximum atomic E-state index is 11.1. The van der Waals surface area contributed by atoms with Crippen molar-refractivity contribution in [1.82, 2.24) is 0 Å². The Kier molecular flexibility index (Phi) is 3.19. The van der Waals surface area contributed by atoms with Gasteiger partial charge in [-0.3, -0.25) is 0 Å². The molecule has 0 radical (unpaired) electrons. The topological polar surface area (TPSA) is 50.4 Å². The molecule has 0 atom stereocenters. The summed E-state index contributed by atoms with van der Waals surface area (Å²) in [6.07, 6.45) is 0. The minimum Gasteiger partial charge on any atom is -0.475 e. The SMILES string of the molecule is CC(C)c1c(C(=O)O)oc2c(Cl)cc(Br)cc12. The molecule has 3 nitrogen and oxygen atoms in total. The van der Waals surface area contributed by atoms with Crippen LogP contribution < -0.4 is 0 Å². The zero-order chi connectivity index (χ0) is 12.7. The van der Waals surface area contributed by atoms with Gasteiger partial charge in [-0.25, -0.2) is 4.79 Å². The van der Waals surface area contributed by atoms with Crippen LogP contribution in [0.3, 0.4) is 0 Å². The molecule has 0 fully saturated rings. The highest BCUT2D eigenvalue weighted by atomic mass is 79.9. The number of hydrogen-bond acceptors (Lipinski definition) is 2. The fourth-order valence-electron chi connectivity index (χ4n) is 1.88. The van der Waals surface area contributed by atoms with Crippen molar-refractivity contribution in [1.29, 1.82) is 0 Å². The van der Waals surface area contributed by atoms with E-state index in [0.29, 0.717) is 16.2 Å². The Balaban J connectivity index is 2.90. The van der Waals surface area contributed by atoms with Crippen LogP contribution >= 0.6 is 27.5 Å². The van der Waals surface area contributed by atoms with Gasteiger partial charge in [0.2, 0.25) is 5.76 Å². The van der Waals surface area contributed by atoms with Crippen LogP contribution in [-0.4, -0.2) is 11.1 Å². The standard InChI is InChI=1S/C12H10BrClO3/c1-5(2)9-7-3-6(13)4-8(14)10(7)17-11(9)12(15)16/h3-5H,1-2H3,(H,15,16). The lowest BCUT2D eigenvalue weighted by Gasteiger charge is -2.03. The lowest BCUT2D eigenvalue weighted by molar-refractivity contribution is 0.0663. The zero-order valence-corrected chi connectivity index (χ0v) is 11.6. The van der Waals surface area contributed by atoms with Crippen molar-refractivity contribution in [3.63, 3.8) is 0 Å². The fraction of sp³-hybridized carbons (Fsp3) is 0.250. The molecule has 0 aliphatic heterocycles. The van der Waals surface area contributed by atoms with Gasteiger partial charge in [-0.05, 0) is 18.1 Å². The van der Waals surface area contributed by atoms with E-state index in [2.05, 4.69) is 15.9 Å². The van der Waals surface area contributed by atoms with Crippen LogP contribution in [0, 0.1) is 0 Å². The Labute approximate surface area is 111 Å². The Hall–Kier alpha value is -1.000. The predicted octanol–water partition coefficient (Wildman–Crippen LogP) is 4.67. The second-order valence-electron chi connectivity index (χ2n) is 4.07. The molecule has 1 aromatic heterocycles. The third-order valence-electron chi connectivity index (χ3n) is 2.52.